The second kappa shape index (κ2) is 5.02. The van der Waals surface area contributed by atoms with E-state index in [0.717, 1.165) is 28.5 Å². The largest absolute Gasteiger partial charge is 0.457 e. The number of carbonyl (C=O) groups is 1. The molecule has 1 aromatic carbocycles. The lowest BCUT2D eigenvalue weighted by Gasteiger charge is -2.18. The SMILES string of the molecule is CC(C)(C)OC(=O)C=C1CCc2cc3ccc(Br)cc3n21. The average Bonchev–Trinajstić information content (AvgIpc) is 2.87. The Labute approximate surface area is 132 Å². The second-order valence-electron chi connectivity index (χ2n) is 6.34. The molecule has 0 unspecified atom stereocenters. The van der Waals surface area contributed by atoms with Crippen LogP contribution in [-0.2, 0) is 16.0 Å². The Morgan fingerprint density at radius 2 is 2.05 bits per heavy atom. The maximum Gasteiger partial charge on any atom is 0.333 e. The van der Waals surface area contributed by atoms with E-state index in [1.165, 1.54) is 11.1 Å². The van der Waals surface area contributed by atoms with Crippen LogP contribution < -0.4 is 0 Å². The summed E-state index contributed by atoms with van der Waals surface area (Å²) in [5, 5.41) is 1.20. The first kappa shape index (κ1) is 14.4. The van der Waals surface area contributed by atoms with E-state index in [0.29, 0.717) is 0 Å². The minimum absolute atomic E-state index is 0.276. The summed E-state index contributed by atoms with van der Waals surface area (Å²) < 4.78 is 8.60. The molecule has 4 heteroatoms. The maximum atomic E-state index is 12.0. The molecule has 1 aliphatic heterocycles. The van der Waals surface area contributed by atoms with Gasteiger partial charge < -0.3 is 9.30 Å². The van der Waals surface area contributed by atoms with Gasteiger partial charge in [0.05, 0.1) is 5.52 Å². The van der Waals surface area contributed by atoms with Crippen molar-refractivity contribution in [1.82, 2.24) is 4.57 Å². The Balaban J connectivity index is 2.01. The minimum atomic E-state index is -0.461. The minimum Gasteiger partial charge on any atom is -0.457 e. The van der Waals surface area contributed by atoms with Crippen LogP contribution in [0.5, 0.6) is 0 Å². The van der Waals surface area contributed by atoms with Crippen LogP contribution in [0, 0.1) is 0 Å². The van der Waals surface area contributed by atoms with Gasteiger partial charge in [0.1, 0.15) is 5.60 Å². The molecular formula is C17H18BrNO2. The van der Waals surface area contributed by atoms with Crippen molar-refractivity contribution in [3.05, 3.63) is 40.5 Å². The van der Waals surface area contributed by atoms with Gasteiger partial charge in [-0.1, -0.05) is 22.0 Å². The lowest BCUT2D eigenvalue weighted by atomic mass is 10.2. The third-order valence-electron chi connectivity index (χ3n) is 3.46. The molecule has 0 saturated carbocycles. The smallest absolute Gasteiger partial charge is 0.333 e. The van der Waals surface area contributed by atoms with E-state index < -0.39 is 5.60 Å². The van der Waals surface area contributed by atoms with Crippen LogP contribution in [0.25, 0.3) is 16.6 Å². The Morgan fingerprint density at radius 1 is 1.29 bits per heavy atom. The first-order valence-electron chi connectivity index (χ1n) is 7.07. The van der Waals surface area contributed by atoms with Crippen LogP contribution in [0.15, 0.2) is 34.8 Å². The number of rotatable bonds is 1. The van der Waals surface area contributed by atoms with Crippen LogP contribution in [0.2, 0.25) is 0 Å². The molecule has 0 saturated heterocycles. The maximum absolute atomic E-state index is 12.0. The van der Waals surface area contributed by atoms with Crippen molar-refractivity contribution in [2.24, 2.45) is 0 Å². The highest BCUT2D eigenvalue weighted by molar-refractivity contribution is 9.10. The molecule has 21 heavy (non-hydrogen) atoms. The van der Waals surface area contributed by atoms with Crippen molar-refractivity contribution in [2.45, 2.75) is 39.2 Å². The first-order chi connectivity index (χ1) is 9.83. The lowest BCUT2D eigenvalue weighted by Crippen LogP contribution is -2.22. The highest BCUT2D eigenvalue weighted by Gasteiger charge is 2.22. The van der Waals surface area contributed by atoms with E-state index >= 15 is 0 Å². The summed E-state index contributed by atoms with van der Waals surface area (Å²) in [6, 6.07) is 8.41. The van der Waals surface area contributed by atoms with E-state index in [-0.39, 0.29) is 5.97 Å². The predicted molar refractivity (Wildman–Crippen MR) is 88.1 cm³/mol. The van der Waals surface area contributed by atoms with E-state index in [2.05, 4.69) is 38.7 Å². The Kier molecular flexibility index (Phi) is 3.44. The van der Waals surface area contributed by atoms with Crippen molar-refractivity contribution in [3.63, 3.8) is 0 Å². The number of allylic oxidation sites excluding steroid dienone is 1. The molecule has 0 spiro atoms. The molecular weight excluding hydrogens is 330 g/mol. The van der Waals surface area contributed by atoms with Gasteiger partial charge in [0.15, 0.2) is 0 Å². The molecule has 0 aliphatic carbocycles. The molecule has 3 nitrogen and oxygen atoms in total. The molecule has 0 atom stereocenters. The Bertz CT molecular complexity index is 750. The zero-order valence-electron chi connectivity index (χ0n) is 12.4. The van der Waals surface area contributed by atoms with E-state index in [1.807, 2.05) is 26.8 Å². The number of aromatic nitrogens is 1. The van der Waals surface area contributed by atoms with Crippen molar-refractivity contribution in [2.75, 3.05) is 0 Å². The van der Waals surface area contributed by atoms with Crippen molar-refractivity contribution in [1.29, 1.82) is 0 Å². The van der Waals surface area contributed by atoms with Gasteiger partial charge in [0.25, 0.3) is 0 Å². The topological polar surface area (TPSA) is 31.2 Å². The van der Waals surface area contributed by atoms with Gasteiger partial charge in [-0.15, -0.1) is 0 Å². The molecule has 0 amide bonds. The van der Waals surface area contributed by atoms with Gasteiger partial charge in [-0.25, -0.2) is 4.79 Å². The number of aryl methyl sites for hydroxylation is 1. The molecule has 110 valence electrons. The molecule has 0 fully saturated rings. The molecule has 0 N–H and O–H groups in total. The number of halogens is 1. The number of nitrogens with zero attached hydrogens (tertiary/aromatic N) is 1. The average molecular weight is 348 g/mol. The number of carbonyl (C=O) groups excluding carboxylic acids is 1. The number of ether oxygens (including phenoxy) is 1. The third-order valence-corrected chi connectivity index (χ3v) is 3.95. The summed E-state index contributed by atoms with van der Waals surface area (Å²) in [7, 11) is 0. The molecule has 0 bridgehead atoms. The van der Waals surface area contributed by atoms with Crippen LogP contribution in [-0.4, -0.2) is 16.1 Å². The quantitative estimate of drug-likeness (QED) is 0.560. The molecule has 2 heterocycles. The van der Waals surface area contributed by atoms with Gasteiger partial charge in [0, 0.05) is 27.3 Å². The van der Waals surface area contributed by atoms with Gasteiger partial charge >= 0.3 is 5.97 Å². The molecule has 0 radical (unpaired) electrons. The highest BCUT2D eigenvalue weighted by atomic mass is 79.9. The number of hydrogen-bond donors (Lipinski definition) is 0. The van der Waals surface area contributed by atoms with Gasteiger partial charge in [-0.05, 0) is 51.8 Å². The summed E-state index contributed by atoms with van der Waals surface area (Å²) >= 11 is 3.51. The van der Waals surface area contributed by atoms with Crippen LogP contribution in [0.1, 0.15) is 32.9 Å². The van der Waals surface area contributed by atoms with Crippen LogP contribution in [0.4, 0.5) is 0 Å². The number of benzene rings is 1. The second-order valence-corrected chi connectivity index (χ2v) is 7.26. The van der Waals surface area contributed by atoms with Crippen LogP contribution >= 0.6 is 15.9 Å². The lowest BCUT2D eigenvalue weighted by molar-refractivity contribution is -0.148. The molecule has 1 aromatic heterocycles. The standard InChI is InChI=1S/C17H18BrNO2/c1-17(2,3)21-16(20)10-14-7-6-13-8-11-4-5-12(18)9-15(11)19(13)14/h4-5,8-10H,6-7H2,1-3H3. The van der Waals surface area contributed by atoms with Crippen molar-refractivity contribution >= 4 is 38.5 Å². The third kappa shape index (κ3) is 2.91. The summed E-state index contributed by atoms with van der Waals surface area (Å²) in [6.07, 6.45) is 3.46. The monoisotopic (exact) mass is 347 g/mol. The highest BCUT2D eigenvalue weighted by Crippen LogP contribution is 2.34. The fraction of sp³-hybridized carbons (Fsp3) is 0.353. The number of hydrogen-bond acceptors (Lipinski definition) is 2. The Morgan fingerprint density at radius 3 is 2.76 bits per heavy atom. The van der Waals surface area contributed by atoms with Gasteiger partial charge in [-0.3, -0.25) is 0 Å². The fourth-order valence-corrected chi connectivity index (χ4v) is 3.08. The molecule has 1 aliphatic rings. The van der Waals surface area contributed by atoms with Crippen LogP contribution in [0.3, 0.4) is 0 Å². The van der Waals surface area contributed by atoms with Crippen molar-refractivity contribution in [3.8, 4) is 0 Å². The van der Waals surface area contributed by atoms with E-state index in [1.54, 1.807) is 6.08 Å². The zero-order chi connectivity index (χ0) is 15.2. The van der Waals surface area contributed by atoms with Gasteiger partial charge in [0.2, 0.25) is 0 Å². The molecule has 3 rings (SSSR count). The summed E-state index contributed by atoms with van der Waals surface area (Å²) in [4.78, 5) is 12.0. The first-order valence-corrected chi connectivity index (χ1v) is 7.87. The number of esters is 1. The fourth-order valence-electron chi connectivity index (χ4n) is 2.73. The van der Waals surface area contributed by atoms with Gasteiger partial charge in [-0.2, -0.15) is 0 Å². The normalized spacial score (nSPS) is 16.5. The summed E-state index contributed by atoms with van der Waals surface area (Å²) in [5.74, 6) is -0.276. The summed E-state index contributed by atoms with van der Waals surface area (Å²) in [5.41, 5.74) is 2.93. The van der Waals surface area contributed by atoms with E-state index in [4.69, 9.17) is 4.74 Å². The zero-order valence-corrected chi connectivity index (χ0v) is 14.0. The molecule has 2 aromatic rings. The predicted octanol–water partition coefficient (Wildman–Crippen LogP) is 4.53. The number of fused-ring (bicyclic) bond motifs is 3. The Hall–Kier alpha value is -1.55. The van der Waals surface area contributed by atoms with Crippen molar-refractivity contribution < 1.29 is 9.53 Å². The summed E-state index contributed by atoms with van der Waals surface area (Å²) in [6.45, 7) is 5.64. The van der Waals surface area contributed by atoms with E-state index in [9.17, 15) is 4.79 Å².